The second-order valence-electron chi connectivity index (χ2n) is 4.53. The summed E-state index contributed by atoms with van der Waals surface area (Å²) in [6.45, 7) is 4.69. The van der Waals surface area contributed by atoms with E-state index in [1.165, 1.54) is 6.07 Å². The molecule has 1 aromatic rings. The summed E-state index contributed by atoms with van der Waals surface area (Å²) in [6, 6.07) is 4.30. The lowest BCUT2D eigenvalue weighted by molar-refractivity contribution is 0.157. The zero-order chi connectivity index (χ0) is 13.5. The third-order valence-electron chi connectivity index (χ3n) is 2.95. The molecule has 0 aromatic heterocycles. The van der Waals surface area contributed by atoms with Gasteiger partial charge in [-0.3, -0.25) is 0 Å². The maximum absolute atomic E-state index is 12.9. The van der Waals surface area contributed by atoms with E-state index in [9.17, 15) is 9.50 Å². The van der Waals surface area contributed by atoms with Crippen molar-refractivity contribution in [3.05, 3.63) is 29.6 Å². The van der Waals surface area contributed by atoms with Crippen LogP contribution in [-0.2, 0) is 4.74 Å². The van der Waals surface area contributed by atoms with E-state index in [0.717, 1.165) is 18.9 Å². The number of rotatable bonds is 7. The molecule has 0 bridgehead atoms. The molecule has 0 aliphatic heterocycles. The minimum atomic E-state index is -0.426. The van der Waals surface area contributed by atoms with Crippen LogP contribution >= 0.6 is 0 Å². The molecule has 2 unspecified atom stereocenters. The number of methoxy groups -OCH3 is 1. The SMILES string of the molecule is CCCC(COC)NC(C)c1ccc(F)cc1O. The highest BCUT2D eigenvalue weighted by Crippen LogP contribution is 2.25. The predicted molar refractivity (Wildman–Crippen MR) is 70.2 cm³/mol. The van der Waals surface area contributed by atoms with Crippen molar-refractivity contribution in [1.29, 1.82) is 0 Å². The Morgan fingerprint density at radius 1 is 1.44 bits per heavy atom. The highest BCUT2D eigenvalue weighted by molar-refractivity contribution is 5.34. The van der Waals surface area contributed by atoms with E-state index >= 15 is 0 Å². The highest BCUT2D eigenvalue weighted by Gasteiger charge is 2.15. The van der Waals surface area contributed by atoms with Crippen molar-refractivity contribution in [2.24, 2.45) is 0 Å². The van der Waals surface area contributed by atoms with E-state index in [4.69, 9.17) is 4.74 Å². The Morgan fingerprint density at radius 2 is 2.17 bits per heavy atom. The Morgan fingerprint density at radius 3 is 2.72 bits per heavy atom. The Bertz CT molecular complexity index is 365. The molecule has 0 saturated carbocycles. The summed E-state index contributed by atoms with van der Waals surface area (Å²) in [4.78, 5) is 0. The highest BCUT2D eigenvalue weighted by atomic mass is 19.1. The van der Waals surface area contributed by atoms with E-state index < -0.39 is 5.82 Å². The molecule has 3 nitrogen and oxygen atoms in total. The summed E-state index contributed by atoms with van der Waals surface area (Å²) in [5.41, 5.74) is 0.702. The Hall–Kier alpha value is -1.13. The third-order valence-corrected chi connectivity index (χ3v) is 2.95. The minimum absolute atomic E-state index is 0.0114. The zero-order valence-corrected chi connectivity index (χ0v) is 11.2. The van der Waals surface area contributed by atoms with Crippen LogP contribution in [0.4, 0.5) is 4.39 Å². The summed E-state index contributed by atoms with van der Waals surface area (Å²) in [6.07, 6.45) is 2.06. The molecule has 4 heteroatoms. The van der Waals surface area contributed by atoms with Crippen LogP contribution in [0.1, 0.15) is 38.3 Å². The molecule has 0 aliphatic carbocycles. The van der Waals surface area contributed by atoms with Gasteiger partial charge in [0.05, 0.1) is 6.61 Å². The summed E-state index contributed by atoms with van der Waals surface area (Å²) >= 11 is 0. The number of hydrogen-bond acceptors (Lipinski definition) is 3. The van der Waals surface area contributed by atoms with Gasteiger partial charge in [0.2, 0.25) is 0 Å². The number of ether oxygens (including phenoxy) is 1. The normalized spacial score (nSPS) is 14.4. The number of phenolic OH excluding ortho intramolecular Hbond substituents is 1. The molecule has 2 N–H and O–H groups in total. The Balaban J connectivity index is 2.70. The molecule has 102 valence electrons. The van der Waals surface area contributed by atoms with E-state index in [1.54, 1.807) is 13.2 Å². The van der Waals surface area contributed by atoms with Gasteiger partial charge in [-0.25, -0.2) is 4.39 Å². The largest absolute Gasteiger partial charge is 0.508 e. The summed E-state index contributed by atoms with van der Waals surface area (Å²) in [5.74, 6) is -0.437. The van der Waals surface area contributed by atoms with Crippen LogP contribution in [-0.4, -0.2) is 24.9 Å². The summed E-state index contributed by atoms with van der Waals surface area (Å²) < 4.78 is 18.1. The molecule has 0 heterocycles. The Kier molecular flexibility index (Phi) is 6.09. The number of nitrogens with one attached hydrogen (secondary N) is 1. The van der Waals surface area contributed by atoms with Crippen molar-refractivity contribution in [2.45, 2.75) is 38.8 Å². The summed E-state index contributed by atoms with van der Waals surface area (Å²) in [5, 5.41) is 13.1. The first-order valence-electron chi connectivity index (χ1n) is 6.31. The molecule has 2 atom stereocenters. The average Bonchev–Trinajstić information content (AvgIpc) is 2.29. The first kappa shape index (κ1) is 14.9. The lowest BCUT2D eigenvalue weighted by Crippen LogP contribution is -2.35. The van der Waals surface area contributed by atoms with Crippen LogP contribution in [0.25, 0.3) is 0 Å². The molecule has 0 fully saturated rings. The number of aromatic hydroxyl groups is 1. The second kappa shape index (κ2) is 7.34. The average molecular weight is 255 g/mol. The van der Waals surface area contributed by atoms with Crippen LogP contribution in [0, 0.1) is 5.82 Å². The van der Waals surface area contributed by atoms with Gasteiger partial charge in [0.1, 0.15) is 11.6 Å². The van der Waals surface area contributed by atoms with Gasteiger partial charge in [0.15, 0.2) is 0 Å². The fourth-order valence-electron chi connectivity index (χ4n) is 2.09. The lowest BCUT2D eigenvalue weighted by atomic mass is 10.0. The summed E-state index contributed by atoms with van der Waals surface area (Å²) in [7, 11) is 1.67. The number of hydrogen-bond donors (Lipinski definition) is 2. The quantitative estimate of drug-likeness (QED) is 0.787. The van der Waals surface area contributed by atoms with Gasteiger partial charge in [0.25, 0.3) is 0 Å². The van der Waals surface area contributed by atoms with Crippen molar-refractivity contribution < 1.29 is 14.2 Å². The van der Waals surface area contributed by atoms with Gasteiger partial charge < -0.3 is 15.2 Å². The molecule has 0 aliphatic rings. The van der Waals surface area contributed by atoms with E-state index in [0.29, 0.717) is 12.2 Å². The van der Waals surface area contributed by atoms with Crippen LogP contribution in [0.3, 0.4) is 0 Å². The lowest BCUT2D eigenvalue weighted by Gasteiger charge is -2.23. The van der Waals surface area contributed by atoms with Gasteiger partial charge in [0, 0.05) is 30.8 Å². The maximum atomic E-state index is 12.9. The predicted octanol–water partition coefficient (Wildman–Crippen LogP) is 3.00. The number of phenols is 1. The molecular weight excluding hydrogens is 233 g/mol. The van der Waals surface area contributed by atoms with Gasteiger partial charge >= 0.3 is 0 Å². The van der Waals surface area contributed by atoms with Crippen molar-refractivity contribution in [3.63, 3.8) is 0 Å². The molecule has 0 amide bonds. The van der Waals surface area contributed by atoms with E-state index in [2.05, 4.69) is 12.2 Å². The third kappa shape index (κ3) is 4.27. The Labute approximate surface area is 108 Å². The molecule has 18 heavy (non-hydrogen) atoms. The molecule has 0 saturated heterocycles. The first-order valence-corrected chi connectivity index (χ1v) is 6.31. The monoisotopic (exact) mass is 255 g/mol. The van der Waals surface area contributed by atoms with Gasteiger partial charge in [-0.2, -0.15) is 0 Å². The smallest absolute Gasteiger partial charge is 0.126 e. The van der Waals surface area contributed by atoms with Crippen molar-refractivity contribution >= 4 is 0 Å². The van der Waals surface area contributed by atoms with Gasteiger partial charge in [-0.15, -0.1) is 0 Å². The molecular formula is C14H22FNO2. The van der Waals surface area contributed by atoms with E-state index in [1.807, 2.05) is 6.92 Å². The molecule has 0 spiro atoms. The van der Waals surface area contributed by atoms with Crippen molar-refractivity contribution in [2.75, 3.05) is 13.7 Å². The fraction of sp³-hybridized carbons (Fsp3) is 0.571. The van der Waals surface area contributed by atoms with Gasteiger partial charge in [-0.1, -0.05) is 19.4 Å². The topological polar surface area (TPSA) is 41.5 Å². The zero-order valence-electron chi connectivity index (χ0n) is 11.2. The molecule has 1 rings (SSSR count). The minimum Gasteiger partial charge on any atom is -0.508 e. The van der Waals surface area contributed by atoms with Crippen LogP contribution in [0.15, 0.2) is 18.2 Å². The van der Waals surface area contributed by atoms with Crippen molar-refractivity contribution in [1.82, 2.24) is 5.32 Å². The van der Waals surface area contributed by atoms with Crippen molar-refractivity contribution in [3.8, 4) is 5.75 Å². The van der Waals surface area contributed by atoms with Crippen LogP contribution in [0.2, 0.25) is 0 Å². The fourth-order valence-corrected chi connectivity index (χ4v) is 2.09. The number of benzene rings is 1. The second-order valence-corrected chi connectivity index (χ2v) is 4.53. The first-order chi connectivity index (χ1) is 8.58. The van der Waals surface area contributed by atoms with Gasteiger partial charge in [-0.05, 0) is 19.4 Å². The van der Waals surface area contributed by atoms with E-state index in [-0.39, 0.29) is 17.8 Å². The number of halogens is 1. The van der Waals surface area contributed by atoms with Crippen LogP contribution < -0.4 is 5.32 Å². The van der Waals surface area contributed by atoms with Crippen LogP contribution in [0.5, 0.6) is 5.75 Å². The standard InChI is InChI=1S/C14H22FNO2/c1-4-5-12(9-18-3)16-10(2)13-7-6-11(15)8-14(13)17/h6-8,10,12,16-17H,4-5,9H2,1-3H3. The molecule has 0 radical (unpaired) electrons. The molecule has 1 aromatic carbocycles. The maximum Gasteiger partial charge on any atom is 0.126 e.